The van der Waals surface area contributed by atoms with Crippen LogP contribution in [0.3, 0.4) is 0 Å². The van der Waals surface area contributed by atoms with Gasteiger partial charge in [0.05, 0.1) is 7.11 Å². The Labute approximate surface area is 290 Å². The number of carbonyl (C=O) groups is 3. The maximum Gasteiger partial charge on any atom is 0.508 e. The number of rotatable bonds is 13. The molecule has 2 aliphatic carbocycles. The van der Waals surface area contributed by atoms with Crippen molar-refractivity contribution in [2.24, 2.45) is 29.6 Å². The van der Waals surface area contributed by atoms with Gasteiger partial charge in [-0.25, -0.2) is 14.4 Å². The number of terminal acetylenes is 1. The summed E-state index contributed by atoms with van der Waals surface area (Å²) >= 11 is 0. The van der Waals surface area contributed by atoms with Crippen LogP contribution < -0.4 is 4.74 Å². The number of carbonyl (C=O) groups excluding carboxylic acids is 3. The molecule has 0 heterocycles. The summed E-state index contributed by atoms with van der Waals surface area (Å²) in [5.74, 6) is -0.205. The van der Waals surface area contributed by atoms with E-state index in [9.17, 15) is 14.4 Å². The Bertz CT molecular complexity index is 1610. The Morgan fingerprint density at radius 2 is 1.55 bits per heavy atom. The van der Waals surface area contributed by atoms with E-state index in [2.05, 4.69) is 46.8 Å². The van der Waals surface area contributed by atoms with Crippen LogP contribution >= 0.6 is 0 Å². The van der Waals surface area contributed by atoms with E-state index in [0.717, 1.165) is 33.4 Å². The van der Waals surface area contributed by atoms with E-state index in [1.54, 1.807) is 6.08 Å². The minimum Gasteiger partial charge on any atom is -0.489 e. The van der Waals surface area contributed by atoms with Gasteiger partial charge in [0.15, 0.2) is 0 Å². The highest BCUT2D eigenvalue weighted by atomic mass is 16.7. The summed E-state index contributed by atoms with van der Waals surface area (Å²) in [5.41, 5.74) is 5.83. The van der Waals surface area contributed by atoms with Gasteiger partial charge in [-0.3, -0.25) is 0 Å². The molecule has 49 heavy (non-hydrogen) atoms. The van der Waals surface area contributed by atoms with Crippen molar-refractivity contribution in [2.75, 3.05) is 26.9 Å². The molecule has 4 unspecified atom stereocenters. The molecule has 0 amide bonds. The SMILES string of the molecule is C#C.C=CCOC(=O)OC(C)C(C(C)C)C1CC(C)C(C(=O)OCC=C)=C(COc2cccc3c2-c2ccccc2/C3=C\C(=O)OC)[C@@H]1C. The van der Waals surface area contributed by atoms with Gasteiger partial charge in [0, 0.05) is 23.1 Å². The van der Waals surface area contributed by atoms with Crippen LogP contribution in [0.5, 0.6) is 5.75 Å². The van der Waals surface area contributed by atoms with E-state index in [-0.39, 0.29) is 55.4 Å². The van der Waals surface area contributed by atoms with Gasteiger partial charge < -0.3 is 23.7 Å². The molecule has 2 aliphatic rings. The fraction of sp³-hybridized carbons (Fsp3) is 0.390. The molecule has 4 rings (SSSR count). The van der Waals surface area contributed by atoms with Crippen molar-refractivity contribution >= 4 is 23.7 Å². The highest BCUT2D eigenvalue weighted by Crippen LogP contribution is 2.50. The first kappa shape index (κ1) is 38.4. The highest BCUT2D eigenvalue weighted by molar-refractivity contribution is 6.08. The largest absolute Gasteiger partial charge is 0.508 e. The number of ether oxygens (including phenoxy) is 5. The molecule has 0 aliphatic heterocycles. The first-order valence-corrected chi connectivity index (χ1v) is 16.5. The summed E-state index contributed by atoms with van der Waals surface area (Å²) in [6, 6.07) is 13.6. The molecule has 260 valence electrons. The fourth-order valence-electron chi connectivity index (χ4n) is 7.29. The second-order valence-corrected chi connectivity index (χ2v) is 12.5. The maximum absolute atomic E-state index is 13.5. The molecule has 0 fully saturated rings. The molecular formula is C41H48O8. The van der Waals surface area contributed by atoms with E-state index in [1.807, 2.05) is 56.3 Å². The van der Waals surface area contributed by atoms with Crippen molar-refractivity contribution in [3.05, 3.63) is 96.1 Å². The van der Waals surface area contributed by atoms with E-state index < -0.39 is 18.2 Å². The summed E-state index contributed by atoms with van der Waals surface area (Å²) in [4.78, 5) is 38.2. The second-order valence-electron chi connectivity index (χ2n) is 12.5. The zero-order valence-corrected chi connectivity index (χ0v) is 29.4. The van der Waals surface area contributed by atoms with Crippen molar-refractivity contribution in [1.82, 2.24) is 0 Å². The first-order chi connectivity index (χ1) is 23.5. The Hall–Kier alpha value is -5.03. The van der Waals surface area contributed by atoms with Crippen LogP contribution in [0.4, 0.5) is 4.79 Å². The third-order valence-electron chi connectivity index (χ3n) is 9.27. The van der Waals surface area contributed by atoms with Crippen molar-refractivity contribution < 1.29 is 38.1 Å². The lowest BCUT2D eigenvalue weighted by Crippen LogP contribution is -2.42. The van der Waals surface area contributed by atoms with Crippen LogP contribution in [0, 0.1) is 42.4 Å². The Morgan fingerprint density at radius 1 is 0.918 bits per heavy atom. The van der Waals surface area contributed by atoms with Gasteiger partial charge in [-0.15, -0.1) is 12.8 Å². The molecule has 0 N–H and O–H groups in total. The van der Waals surface area contributed by atoms with Crippen LogP contribution in [0.15, 0.2) is 85.0 Å². The molecule has 0 saturated carbocycles. The Kier molecular flexibility index (Phi) is 14.1. The molecule has 2 aromatic rings. The highest BCUT2D eigenvalue weighted by Gasteiger charge is 2.43. The molecule has 8 heteroatoms. The van der Waals surface area contributed by atoms with Crippen LogP contribution in [-0.2, 0) is 28.5 Å². The minimum absolute atomic E-state index is 0.0247. The van der Waals surface area contributed by atoms with Crippen molar-refractivity contribution in [1.29, 1.82) is 0 Å². The smallest absolute Gasteiger partial charge is 0.489 e. The van der Waals surface area contributed by atoms with Crippen molar-refractivity contribution in [2.45, 2.75) is 47.1 Å². The minimum atomic E-state index is -0.730. The maximum atomic E-state index is 13.5. The van der Waals surface area contributed by atoms with E-state index >= 15 is 0 Å². The molecule has 0 aromatic heterocycles. The number of fused-ring (bicyclic) bond motifs is 3. The number of hydrogen-bond acceptors (Lipinski definition) is 8. The quantitative estimate of drug-likeness (QED) is 0.0591. The van der Waals surface area contributed by atoms with Crippen LogP contribution in [0.2, 0.25) is 0 Å². The molecule has 0 radical (unpaired) electrons. The van der Waals surface area contributed by atoms with Gasteiger partial charge in [-0.1, -0.05) is 89.4 Å². The van der Waals surface area contributed by atoms with Gasteiger partial charge in [-0.05, 0) is 70.9 Å². The number of esters is 2. The third-order valence-corrected chi connectivity index (χ3v) is 9.27. The molecule has 0 spiro atoms. The number of methoxy groups -OCH3 is 1. The molecule has 0 bridgehead atoms. The second kappa shape index (κ2) is 17.9. The van der Waals surface area contributed by atoms with Crippen molar-refractivity contribution in [3.8, 4) is 29.7 Å². The molecule has 8 nitrogen and oxygen atoms in total. The lowest BCUT2D eigenvalue weighted by atomic mass is 9.63. The standard InChI is InChI=1S/C39H46O8.C2H2/c1-9-18-44-38(41)36-24(5)20-30(35(23(3)4)26(7)47-39(42)45-19-10-2)25(6)32(36)22-46-33-17-13-16-29-31(21-34(40)43-8)27-14-11-12-15-28(27)37(29)33;1-2/h9-17,21,23-26,30,35H,1-2,18-20,22H2,3-8H3;1-2H/b31-21+;/t24?,25-,26?,30?,35?;/m1./s1. The summed E-state index contributed by atoms with van der Waals surface area (Å²) in [5, 5.41) is 0. The number of hydrogen-bond donors (Lipinski definition) is 0. The molecule has 2 aromatic carbocycles. The van der Waals surface area contributed by atoms with Crippen LogP contribution in [-0.4, -0.2) is 51.1 Å². The zero-order valence-electron chi connectivity index (χ0n) is 29.4. The van der Waals surface area contributed by atoms with Crippen LogP contribution in [0.1, 0.15) is 52.2 Å². The Morgan fingerprint density at radius 3 is 2.18 bits per heavy atom. The Balaban J connectivity index is 0.00000319. The van der Waals surface area contributed by atoms with E-state index in [4.69, 9.17) is 23.7 Å². The van der Waals surface area contributed by atoms with E-state index in [0.29, 0.717) is 17.7 Å². The van der Waals surface area contributed by atoms with Crippen molar-refractivity contribution in [3.63, 3.8) is 0 Å². The zero-order chi connectivity index (χ0) is 36.2. The third kappa shape index (κ3) is 8.72. The predicted molar refractivity (Wildman–Crippen MR) is 191 cm³/mol. The van der Waals surface area contributed by atoms with Gasteiger partial charge in [0.25, 0.3) is 0 Å². The molecule has 0 saturated heterocycles. The number of benzene rings is 2. The average molecular weight is 669 g/mol. The molecular weight excluding hydrogens is 620 g/mol. The summed E-state index contributed by atoms with van der Waals surface area (Å²) in [6.45, 7) is 17.9. The summed E-state index contributed by atoms with van der Waals surface area (Å²) in [7, 11) is 1.36. The van der Waals surface area contributed by atoms with Gasteiger partial charge in [0.1, 0.15) is 31.7 Å². The predicted octanol–water partition coefficient (Wildman–Crippen LogP) is 8.22. The molecule has 5 atom stereocenters. The average Bonchev–Trinajstić information content (AvgIpc) is 3.41. The van der Waals surface area contributed by atoms with Gasteiger partial charge >= 0.3 is 18.1 Å². The normalized spacial score (nSPS) is 19.7. The summed E-state index contributed by atoms with van der Waals surface area (Å²) < 4.78 is 28.0. The van der Waals surface area contributed by atoms with Gasteiger partial charge in [0.2, 0.25) is 0 Å². The van der Waals surface area contributed by atoms with Crippen LogP contribution in [0.25, 0.3) is 16.7 Å². The lowest BCUT2D eigenvalue weighted by molar-refractivity contribution is -0.139. The van der Waals surface area contributed by atoms with Gasteiger partial charge in [-0.2, -0.15) is 0 Å². The summed E-state index contributed by atoms with van der Waals surface area (Å²) in [6.07, 6.45) is 12.1. The van der Waals surface area contributed by atoms with E-state index in [1.165, 1.54) is 19.3 Å². The lowest BCUT2D eigenvalue weighted by Gasteiger charge is -2.43. The first-order valence-electron chi connectivity index (χ1n) is 16.5. The monoisotopic (exact) mass is 668 g/mol. The fourth-order valence-corrected chi connectivity index (χ4v) is 7.29. The topological polar surface area (TPSA) is 97.4 Å².